The van der Waals surface area contributed by atoms with Gasteiger partial charge in [-0.05, 0) is 81.3 Å². The molecular formula is C60H82ClIN4O6. The zero-order valence-corrected chi connectivity index (χ0v) is 46.3. The zero-order valence-electron chi connectivity index (χ0n) is 43.4. The van der Waals surface area contributed by atoms with Crippen LogP contribution in [0.2, 0.25) is 5.02 Å². The molecule has 0 spiro atoms. The molecule has 12 heteroatoms. The molecule has 1 saturated heterocycles. The second-order valence-electron chi connectivity index (χ2n) is 21.6. The van der Waals surface area contributed by atoms with Gasteiger partial charge in [-0.1, -0.05) is 210 Å². The van der Waals surface area contributed by atoms with E-state index in [1.807, 2.05) is 77.2 Å². The highest BCUT2D eigenvalue weighted by Crippen LogP contribution is 2.45. The minimum atomic E-state index is -1.52. The van der Waals surface area contributed by atoms with E-state index in [0.29, 0.717) is 48.0 Å². The van der Waals surface area contributed by atoms with Gasteiger partial charge in [0.1, 0.15) is 17.6 Å². The van der Waals surface area contributed by atoms with Gasteiger partial charge in [0.15, 0.2) is 5.60 Å². The Hall–Kier alpha value is -3.97. The van der Waals surface area contributed by atoms with Gasteiger partial charge in [-0.2, -0.15) is 0 Å². The number of likely N-dealkylation sites (N-methyl/N-ethyl adjacent to an activating group) is 2. The molecule has 1 heterocycles. The third kappa shape index (κ3) is 13.8. The van der Waals surface area contributed by atoms with E-state index in [4.69, 9.17) is 16.3 Å². The number of carbonyl (C=O) groups excluding carboxylic acids is 5. The molecule has 7 rings (SSSR count). The van der Waals surface area contributed by atoms with Crippen LogP contribution in [-0.2, 0) is 34.3 Å². The molecule has 10 nitrogen and oxygen atoms in total. The van der Waals surface area contributed by atoms with Crippen LogP contribution in [0.25, 0.3) is 0 Å². The number of hydrogen-bond acceptors (Lipinski definition) is 6. The van der Waals surface area contributed by atoms with Gasteiger partial charge >= 0.3 is 5.97 Å². The van der Waals surface area contributed by atoms with Crippen molar-refractivity contribution in [3.05, 3.63) is 106 Å². The van der Waals surface area contributed by atoms with Crippen molar-refractivity contribution in [2.75, 3.05) is 31.6 Å². The Morgan fingerprint density at radius 1 is 0.667 bits per heavy atom. The molecule has 3 aromatic carbocycles. The lowest BCUT2D eigenvalue weighted by molar-refractivity contribution is -0.161. The van der Waals surface area contributed by atoms with Gasteiger partial charge in [0.05, 0.1) is 10.8 Å². The van der Waals surface area contributed by atoms with Crippen molar-refractivity contribution in [2.24, 2.45) is 5.92 Å². The van der Waals surface area contributed by atoms with E-state index in [1.165, 1.54) is 81.1 Å². The number of benzene rings is 3. The normalized spacial score (nSPS) is 20.5. The largest absolute Gasteiger partial charge is 0.444 e. The van der Waals surface area contributed by atoms with E-state index in [-0.39, 0.29) is 34.0 Å². The van der Waals surface area contributed by atoms with E-state index in [1.54, 1.807) is 23.9 Å². The molecule has 1 unspecified atom stereocenters. The highest BCUT2D eigenvalue weighted by atomic mass is 127. The van der Waals surface area contributed by atoms with Crippen molar-refractivity contribution < 1.29 is 28.7 Å². The van der Waals surface area contributed by atoms with E-state index < -0.39 is 35.6 Å². The summed E-state index contributed by atoms with van der Waals surface area (Å²) in [5, 5.41) is 3.49. The third-order valence-corrected chi connectivity index (χ3v) is 17.7. The van der Waals surface area contributed by atoms with Crippen molar-refractivity contribution in [2.45, 2.75) is 196 Å². The summed E-state index contributed by atoms with van der Waals surface area (Å²) < 4.78 is 7.25. The Bertz CT molecular complexity index is 2210. The van der Waals surface area contributed by atoms with Gasteiger partial charge in [-0.3, -0.25) is 24.0 Å². The first-order valence-corrected chi connectivity index (χ1v) is 29.7. The molecule has 0 bridgehead atoms. The van der Waals surface area contributed by atoms with Crippen LogP contribution < -0.4 is 5.32 Å². The molecule has 3 aliphatic carbocycles. The van der Waals surface area contributed by atoms with Crippen molar-refractivity contribution in [1.82, 2.24) is 20.0 Å². The first-order chi connectivity index (χ1) is 35.0. The Kier molecular flexibility index (Phi) is 21.3. The van der Waals surface area contributed by atoms with Gasteiger partial charge in [0.2, 0.25) is 23.6 Å². The second kappa shape index (κ2) is 27.5. The number of nitrogens with zero attached hydrogens (tertiary/aromatic N) is 3. The summed E-state index contributed by atoms with van der Waals surface area (Å²) in [6.07, 6.45) is 25.7. The lowest BCUT2D eigenvalue weighted by Crippen LogP contribution is -2.64. The van der Waals surface area contributed by atoms with Crippen molar-refractivity contribution >= 4 is 63.8 Å². The monoisotopic (exact) mass is 1120 g/mol. The molecule has 4 amide bonds. The molecule has 0 aromatic heterocycles. The summed E-state index contributed by atoms with van der Waals surface area (Å²) >= 11 is 9.21. The van der Waals surface area contributed by atoms with Crippen LogP contribution in [0.15, 0.2) is 78.9 Å². The highest BCUT2D eigenvalue weighted by molar-refractivity contribution is 14.1. The zero-order chi connectivity index (χ0) is 50.9. The number of piperidine rings is 1. The third-order valence-electron chi connectivity index (χ3n) is 16.7. The SMILES string of the molecule is CN(C(=O)C1(NC(=O)CI)CCCC1)[C@H](C(=O)N(C)[C@@H](CC(=O)OC(c1ccccc1)(c1ccc(C2CCCCCCCCCCCCC2)cc1)c1ccccc1Cl)C(=O)N1CCCCC1)C1CCCCC1. The topological polar surface area (TPSA) is 116 Å². The number of ether oxygens (including phenoxy) is 1. The van der Waals surface area contributed by atoms with E-state index in [2.05, 4.69) is 29.6 Å². The molecule has 392 valence electrons. The summed E-state index contributed by atoms with van der Waals surface area (Å²) in [5.41, 5.74) is 0.694. The van der Waals surface area contributed by atoms with Crippen molar-refractivity contribution in [3.63, 3.8) is 0 Å². The fraction of sp³-hybridized carbons (Fsp3) is 0.617. The number of nitrogens with one attached hydrogen (secondary N) is 1. The molecular weight excluding hydrogens is 1040 g/mol. The molecule has 4 fully saturated rings. The molecule has 1 N–H and O–H groups in total. The predicted molar refractivity (Wildman–Crippen MR) is 296 cm³/mol. The van der Waals surface area contributed by atoms with E-state index in [0.717, 1.165) is 82.6 Å². The number of likely N-dealkylation sites (tertiary alicyclic amines) is 1. The maximum absolute atomic E-state index is 15.5. The van der Waals surface area contributed by atoms with Crippen LogP contribution in [0.4, 0.5) is 0 Å². The Morgan fingerprint density at radius 3 is 1.76 bits per heavy atom. The molecule has 3 aromatic rings. The Labute approximate surface area is 449 Å². The smallest absolute Gasteiger partial charge is 0.310 e. The number of amides is 4. The van der Waals surface area contributed by atoms with E-state index in [9.17, 15) is 9.59 Å². The van der Waals surface area contributed by atoms with Gasteiger partial charge in [0, 0.05) is 48.9 Å². The van der Waals surface area contributed by atoms with Gasteiger partial charge in [0.25, 0.3) is 0 Å². The van der Waals surface area contributed by atoms with Gasteiger partial charge < -0.3 is 24.8 Å². The molecule has 4 aliphatic rings. The molecule has 3 atom stereocenters. The fourth-order valence-electron chi connectivity index (χ4n) is 12.6. The maximum Gasteiger partial charge on any atom is 0.310 e. The minimum Gasteiger partial charge on any atom is -0.444 e. The average molecular weight is 1120 g/mol. The first-order valence-electron chi connectivity index (χ1n) is 27.8. The lowest BCUT2D eigenvalue weighted by Gasteiger charge is -2.43. The van der Waals surface area contributed by atoms with Gasteiger partial charge in [-0.25, -0.2) is 0 Å². The molecule has 72 heavy (non-hydrogen) atoms. The van der Waals surface area contributed by atoms with Crippen LogP contribution in [0.1, 0.15) is 195 Å². The summed E-state index contributed by atoms with van der Waals surface area (Å²) in [6, 6.07) is 23.7. The summed E-state index contributed by atoms with van der Waals surface area (Å²) in [6.45, 7) is 1.05. The van der Waals surface area contributed by atoms with Crippen molar-refractivity contribution in [3.8, 4) is 0 Å². The number of hydrogen-bond donors (Lipinski definition) is 1. The number of halogens is 2. The second-order valence-corrected chi connectivity index (χ2v) is 22.7. The number of alkyl halides is 1. The summed E-state index contributed by atoms with van der Waals surface area (Å²) in [5.74, 6) is -1.57. The van der Waals surface area contributed by atoms with E-state index >= 15 is 14.4 Å². The van der Waals surface area contributed by atoms with Crippen molar-refractivity contribution in [1.29, 1.82) is 0 Å². The summed E-state index contributed by atoms with van der Waals surface area (Å²) in [7, 11) is 3.30. The highest BCUT2D eigenvalue weighted by Gasteiger charge is 2.50. The fourth-order valence-corrected chi connectivity index (χ4v) is 13.1. The number of esters is 1. The molecule has 1 aliphatic heterocycles. The predicted octanol–water partition coefficient (Wildman–Crippen LogP) is 12.8. The molecule has 3 saturated carbocycles. The lowest BCUT2D eigenvalue weighted by atomic mass is 9.78. The quantitative estimate of drug-likeness (QED) is 0.0701. The van der Waals surface area contributed by atoms with Crippen LogP contribution in [0, 0.1) is 5.92 Å². The Balaban J connectivity index is 1.24. The maximum atomic E-state index is 15.5. The van der Waals surface area contributed by atoms with Gasteiger partial charge in [-0.15, -0.1) is 0 Å². The summed E-state index contributed by atoms with van der Waals surface area (Å²) in [4.78, 5) is 78.4. The van der Waals surface area contributed by atoms with Crippen LogP contribution in [-0.4, -0.2) is 93.5 Å². The standard InChI is InChI=1S/C60H82ClIN4O6/c1-64(57(70)55(47-29-17-12-18-30-47)65(2)58(71)59(39-23-24-40-59)63-53(67)44-62)52(56(69)66-41-25-14-26-42-66)43-54(68)72-60(48-31-19-13-20-32-48,50-33-21-22-34-51(50)61)49-37-35-46(36-38-49)45-27-15-10-8-6-4-3-5-7-9-11-16-28-45/h13,19-22,31-38,45,47,52,55H,3-12,14-18,23-30,39-44H2,1-2H3,(H,63,67)/t52-,55-,60?/m0/s1. The first kappa shape index (κ1) is 55.8. The number of carbonyl (C=O) groups is 5. The average Bonchev–Trinajstić information content (AvgIpc) is 3.89. The Morgan fingerprint density at radius 2 is 1.18 bits per heavy atom. The molecule has 0 radical (unpaired) electrons. The van der Waals surface area contributed by atoms with Crippen LogP contribution >= 0.6 is 34.2 Å². The van der Waals surface area contributed by atoms with Crippen LogP contribution in [0.5, 0.6) is 0 Å². The van der Waals surface area contributed by atoms with Crippen LogP contribution in [0.3, 0.4) is 0 Å². The minimum absolute atomic E-state index is 0.160. The number of rotatable bonds is 15.